The number of ketones is 1. The van der Waals surface area contributed by atoms with Crippen LogP contribution >= 0.6 is 0 Å². The summed E-state index contributed by atoms with van der Waals surface area (Å²) < 4.78 is 13.2. The maximum absolute atomic E-state index is 13.2. The predicted octanol–water partition coefficient (Wildman–Crippen LogP) is 2.64. The summed E-state index contributed by atoms with van der Waals surface area (Å²) in [5, 5.41) is 0. The Balaban J connectivity index is 1.80. The van der Waals surface area contributed by atoms with E-state index < -0.39 is 5.82 Å². The second-order valence-electron chi connectivity index (χ2n) is 5.02. The zero-order valence-electron chi connectivity index (χ0n) is 8.95. The number of carbonyl (C=O) groups excluding carboxylic acids is 1. The van der Waals surface area contributed by atoms with Crippen molar-refractivity contribution in [3.8, 4) is 0 Å². The number of Topliss-reactive ketones (excluding diaryl/α,β-unsaturated/α-hetero) is 1. The number of hydrogen-bond donors (Lipinski definition) is 1. The van der Waals surface area contributed by atoms with Crippen LogP contribution in [0.1, 0.15) is 29.6 Å². The van der Waals surface area contributed by atoms with E-state index in [1.54, 1.807) is 6.07 Å². The molecule has 2 nitrogen and oxygen atoms in total. The molecule has 0 spiro atoms. The Bertz CT molecular complexity index is 447. The molecule has 2 aliphatic rings. The maximum atomic E-state index is 13.2. The van der Waals surface area contributed by atoms with Gasteiger partial charge < -0.3 is 5.73 Å². The van der Waals surface area contributed by atoms with Crippen LogP contribution < -0.4 is 5.73 Å². The Morgan fingerprint density at radius 1 is 1.25 bits per heavy atom. The molecule has 0 saturated heterocycles. The van der Waals surface area contributed by atoms with Crippen LogP contribution in [0, 0.1) is 23.6 Å². The van der Waals surface area contributed by atoms with Crippen LogP contribution in [-0.2, 0) is 0 Å². The van der Waals surface area contributed by atoms with Crippen molar-refractivity contribution in [1.82, 2.24) is 0 Å². The number of rotatable bonds is 2. The number of nitrogen functional groups attached to an aromatic ring is 1. The highest BCUT2D eigenvalue weighted by molar-refractivity contribution is 5.98. The monoisotopic (exact) mass is 219 g/mol. The van der Waals surface area contributed by atoms with E-state index in [9.17, 15) is 9.18 Å². The maximum Gasteiger partial charge on any atom is 0.166 e. The Hall–Kier alpha value is -1.38. The summed E-state index contributed by atoms with van der Waals surface area (Å²) in [6, 6.07) is 4.37. The second-order valence-corrected chi connectivity index (χ2v) is 5.02. The zero-order valence-corrected chi connectivity index (χ0v) is 8.95. The number of fused-ring (bicyclic) bond motifs is 1. The number of hydrogen-bond acceptors (Lipinski definition) is 2. The van der Waals surface area contributed by atoms with E-state index in [0.29, 0.717) is 5.56 Å². The van der Waals surface area contributed by atoms with Crippen LogP contribution in [0.4, 0.5) is 10.1 Å². The summed E-state index contributed by atoms with van der Waals surface area (Å²) in [6.07, 6.45) is 3.28. The zero-order chi connectivity index (χ0) is 11.3. The summed E-state index contributed by atoms with van der Waals surface area (Å²) >= 11 is 0. The molecule has 2 N–H and O–H groups in total. The highest BCUT2D eigenvalue weighted by atomic mass is 19.1. The number of nitrogens with two attached hydrogens (primary N) is 1. The molecular formula is C13H14FNO. The van der Waals surface area contributed by atoms with Crippen LogP contribution in [-0.4, -0.2) is 5.78 Å². The van der Waals surface area contributed by atoms with Gasteiger partial charge >= 0.3 is 0 Å². The summed E-state index contributed by atoms with van der Waals surface area (Å²) in [5.41, 5.74) is 5.96. The number of carbonyl (C=O) groups is 1. The van der Waals surface area contributed by atoms with Gasteiger partial charge in [-0.2, -0.15) is 0 Å². The molecule has 0 bridgehead atoms. The Morgan fingerprint density at radius 2 is 1.94 bits per heavy atom. The van der Waals surface area contributed by atoms with Crippen LogP contribution in [0.15, 0.2) is 18.2 Å². The van der Waals surface area contributed by atoms with E-state index in [1.165, 1.54) is 18.6 Å². The fraction of sp³-hybridized carbons (Fsp3) is 0.462. The van der Waals surface area contributed by atoms with E-state index >= 15 is 0 Å². The summed E-state index contributed by atoms with van der Waals surface area (Å²) in [5.74, 6) is 1.26. The molecule has 2 fully saturated rings. The predicted molar refractivity (Wildman–Crippen MR) is 59.5 cm³/mol. The number of halogens is 1. The summed E-state index contributed by atoms with van der Waals surface area (Å²) in [6.45, 7) is 0. The smallest absolute Gasteiger partial charge is 0.166 e. The number of benzene rings is 1. The van der Waals surface area contributed by atoms with Gasteiger partial charge in [-0.3, -0.25) is 4.79 Å². The molecule has 1 aromatic carbocycles. The first-order valence-corrected chi connectivity index (χ1v) is 5.74. The van der Waals surface area contributed by atoms with Crippen LogP contribution in [0.5, 0.6) is 0 Å². The average Bonchev–Trinajstić information content (AvgIpc) is 2.89. The van der Waals surface area contributed by atoms with E-state index in [4.69, 9.17) is 5.73 Å². The third kappa shape index (κ3) is 1.51. The van der Waals surface area contributed by atoms with E-state index in [2.05, 4.69) is 0 Å². The molecule has 3 rings (SSSR count). The molecule has 0 aromatic heterocycles. The third-order valence-corrected chi connectivity index (χ3v) is 3.90. The molecule has 2 aliphatic carbocycles. The largest absolute Gasteiger partial charge is 0.396 e. The van der Waals surface area contributed by atoms with Gasteiger partial charge in [0.15, 0.2) is 5.78 Å². The Morgan fingerprint density at radius 3 is 2.56 bits per heavy atom. The standard InChI is InChI=1S/C13H14FNO/c14-11-6-7(1-2-12(11)15)13(16)10-4-8-3-9(8)5-10/h1-2,6,8-10H,3-5,15H2. The third-order valence-electron chi connectivity index (χ3n) is 3.90. The average molecular weight is 219 g/mol. The van der Waals surface area contributed by atoms with Crippen molar-refractivity contribution in [3.05, 3.63) is 29.6 Å². The fourth-order valence-corrected chi connectivity index (χ4v) is 2.84. The number of anilines is 1. The van der Waals surface area contributed by atoms with Crippen molar-refractivity contribution in [3.63, 3.8) is 0 Å². The lowest BCUT2D eigenvalue weighted by atomic mass is 9.93. The molecule has 0 amide bonds. The molecule has 2 saturated carbocycles. The molecule has 0 radical (unpaired) electrons. The van der Waals surface area contributed by atoms with Gasteiger partial charge in [-0.05, 0) is 49.3 Å². The van der Waals surface area contributed by atoms with E-state index in [1.807, 2.05) is 0 Å². The lowest BCUT2D eigenvalue weighted by Crippen LogP contribution is -2.13. The fourth-order valence-electron chi connectivity index (χ4n) is 2.84. The Labute approximate surface area is 93.6 Å². The molecule has 0 aliphatic heterocycles. The van der Waals surface area contributed by atoms with Crippen molar-refractivity contribution in [2.24, 2.45) is 17.8 Å². The van der Waals surface area contributed by atoms with Gasteiger partial charge in [0.25, 0.3) is 0 Å². The molecule has 84 valence electrons. The lowest BCUT2D eigenvalue weighted by Gasteiger charge is -2.10. The first-order chi connectivity index (χ1) is 7.65. The van der Waals surface area contributed by atoms with Gasteiger partial charge in [0.05, 0.1) is 5.69 Å². The highest BCUT2D eigenvalue weighted by Gasteiger charge is 2.47. The molecule has 2 unspecified atom stereocenters. The van der Waals surface area contributed by atoms with Crippen molar-refractivity contribution in [2.75, 3.05) is 5.73 Å². The minimum absolute atomic E-state index is 0.0890. The van der Waals surface area contributed by atoms with Gasteiger partial charge in [0.2, 0.25) is 0 Å². The van der Waals surface area contributed by atoms with Crippen LogP contribution in [0.3, 0.4) is 0 Å². The SMILES string of the molecule is Nc1ccc(C(=O)C2CC3CC3C2)cc1F. The topological polar surface area (TPSA) is 43.1 Å². The van der Waals surface area contributed by atoms with Gasteiger partial charge in [-0.15, -0.1) is 0 Å². The van der Waals surface area contributed by atoms with Crippen molar-refractivity contribution in [2.45, 2.75) is 19.3 Å². The second kappa shape index (κ2) is 3.30. The first-order valence-electron chi connectivity index (χ1n) is 5.74. The minimum atomic E-state index is -0.492. The first kappa shape index (κ1) is 9.82. The normalized spacial score (nSPS) is 31.2. The lowest BCUT2D eigenvalue weighted by molar-refractivity contribution is 0.0914. The molecule has 2 atom stereocenters. The molecule has 16 heavy (non-hydrogen) atoms. The van der Waals surface area contributed by atoms with E-state index in [0.717, 1.165) is 24.7 Å². The summed E-state index contributed by atoms with van der Waals surface area (Å²) in [4.78, 5) is 12.1. The van der Waals surface area contributed by atoms with Gasteiger partial charge in [-0.1, -0.05) is 0 Å². The van der Waals surface area contributed by atoms with Gasteiger partial charge in [-0.25, -0.2) is 4.39 Å². The van der Waals surface area contributed by atoms with Gasteiger partial charge in [0, 0.05) is 11.5 Å². The van der Waals surface area contributed by atoms with Gasteiger partial charge in [0.1, 0.15) is 5.82 Å². The van der Waals surface area contributed by atoms with Crippen LogP contribution in [0.25, 0.3) is 0 Å². The molecule has 1 aromatic rings. The molecular weight excluding hydrogens is 205 g/mol. The van der Waals surface area contributed by atoms with Crippen molar-refractivity contribution >= 4 is 11.5 Å². The van der Waals surface area contributed by atoms with E-state index in [-0.39, 0.29) is 17.4 Å². The van der Waals surface area contributed by atoms with Crippen molar-refractivity contribution in [1.29, 1.82) is 0 Å². The van der Waals surface area contributed by atoms with Crippen molar-refractivity contribution < 1.29 is 9.18 Å². The molecule has 3 heteroatoms. The Kier molecular flexibility index (Phi) is 2.03. The highest BCUT2D eigenvalue weighted by Crippen LogP contribution is 2.54. The molecule has 0 heterocycles. The minimum Gasteiger partial charge on any atom is -0.396 e. The van der Waals surface area contributed by atoms with Crippen LogP contribution in [0.2, 0.25) is 0 Å². The summed E-state index contributed by atoms with van der Waals surface area (Å²) in [7, 11) is 0. The quantitative estimate of drug-likeness (QED) is 0.613.